The lowest BCUT2D eigenvalue weighted by atomic mass is 10.1. The van der Waals surface area contributed by atoms with Gasteiger partial charge in [0, 0.05) is 29.3 Å². The first-order chi connectivity index (χ1) is 9.09. The Morgan fingerprint density at radius 1 is 1.16 bits per heavy atom. The third kappa shape index (κ3) is 3.33. The zero-order valence-electron chi connectivity index (χ0n) is 10.6. The number of hydrogen-bond acceptors (Lipinski definition) is 2. The third-order valence-electron chi connectivity index (χ3n) is 2.95. The number of halogens is 1. The second-order valence-corrected chi connectivity index (χ2v) is 5.62. The van der Waals surface area contributed by atoms with E-state index in [2.05, 4.69) is 26.9 Å². The van der Waals surface area contributed by atoms with E-state index in [4.69, 9.17) is 18.0 Å². The van der Waals surface area contributed by atoms with Crippen LogP contribution in [0.15, 0.2) is 53.0 Å². The highest BCUT2D eigenvalue weighted by atomic mass is 79.9. The average Bonchev–Trinajstić information content (AvgIpc) is 2.41. The Morgan fingerprint density at radius 2 is 1.79 bits per heavy atom. The highest BCUT2D eigenvalue weighted by Crippen LogP contribution is 2.23. The fourth-order valence-corrected chi connectivity index (χ4v) is 2.56. The maximum Gasteiger partial charge on any atom is 0.106 e. The van der Waals surface area contributed by atoms with Crippen molar-refractivity contribution in [1.29, 1.82) is 0 Å². The first kappa shape index (κ1) is 14.0. The molecule has 0 atom stereocenters. The fourth-order valence-electron chi connectivity index (χ4n) is 1.98. The molecule has 98 valence electrons. The van der Waals surface area contributed by atoms with Gasteiger partial charge in [0.25, 0.3) is 0 Å². The zero-order valence-corrected chi connectivity index (χ0v) is 13.0. The van der Waals surface area contributed by atoms with Gasteiger partial charge >= 0.3 is 0 Å². The lowest BCUT2D eigenvalue weighted by molar-refractivity contribution is 0.917. The molecule has 0 aliphatic rings. The molecule has 0 bridgehead atoms. The molecular formula is C15H15BrN2S. The largest absolute Gasteiger partial charge is 0.389 e. The Morgan fingerprint density at radius 3 is 2.47 bits per heavy atom. The van der Waals surface area contributed by atoms with E-state index in [-0.39, 0.29) is 0 Å². The van der Waals surface area contributed by atoms with Crippen molar-refractivity contribution >= 4 is 38.8 Å². The number of rotatable bonds is 4. The third-order valence-corrected chi connectivity index (χ3v) is 3.94. The van der Waals surface area contributed by atoms with Gasteiger partial charge in [-0.3, -0.25) is 0 Å². The Kier molecular flexibility index (Phi) is 4.56. The first-order valence-corrected chi connectivity index (χ1v) is 7.13. The zero-order chi connectivity index (χ0) is 13.8. The van der Waals surface area contributed by atoms with Gasteiger partial charge in [-0.25, -0.2) is 0 Å². The second-order valence-electron chi connectivity index (χ2n) is 4.33. The summed E-state index contributed by atoms with van der Waals surface area (Å²) in [5.41, 5.74) is 8.95. The van der Waals surface area contributed by atoms with Crippen molar-refractivity contribution in [2.24, 2.45) is 5.73 Å². The van der Waals surface area contributed by atoms with Crippen LogP contribution in [-0.2, 0) is 6.54 Å². The predicted molar refractivity (Wildman–Crippen MR) is 88.6 cm³/mol. The highest BCUT2D eigenvalue weighted by Gasteiger charge is 2.10. The standard InChI is InChI=1S/C15H15BrN2S/c1-18(10-11-6-2-4-8-13(11)16)14-9-5-3-7-12(14)15(17)19/h2-9H,10H2,1H3,(H2,17,19). The molecule has 0 saturated carbocycles. The van der Waals surface area contributed by atoms with E-state index < -0.39 is 0 Å². The quantitative estimate of drug-likeness (QED) is 0.864. The number of nitrogens with zero attached hydrogens (tertiary/aromatic N) is 1. The number of benzene rings is 2. The van der Waals surface area contributed by atoms with Crippen molar-refractivity contribution in [3.05, 3.63) is 64.1 Å². The molecule has 2 nitrogen and oxygen atoms in total. The van der Waals surface area contributed by atoms with Gasteiger partial charge in [-0.2, -0.15) is 0 Å². The average molecular weight is 335 g/mol. The molecular weight excluding hydrogens is 320 g/mol. The number of thiocarbonyl (C=S) groups is 1. The number of para-hydroxylation sites is 1. The molecule has 2 rings (SSSR count). The van der Waals surface area contributed by atoms with Gasteiger partial charge in [0.1, 0.15) is 4.99 Å². The molecule has 4 heteroatoms. The van der Waals surface area contributed by atoms with Gasteiger partial charge in [-0.05, 0) is 23.8 Å². The van der Waals surface area contributed by atoms with Crippen molar-refractivity contribution in [3.63, 3.8) is 0 Å². The van der Waals surface area contributed by atoms with Gasteiger partial charge in [-0.15, -0.1) is 0 Å². The Hall–Kier alpha value is -1.39. The lowest BCUT2D eigenvalue weighted by Gasteiger charge is -2.22. The van der Waals surface area contributed by atoms with E-state index in [1.54, 1.807) is 0 Å². The summed E-state index contributed by atoms with van der Waals surface area (Å²) in [5.74, 6) is 0. The van der Waals surface area contributed by atoms with Crippen LogP contribution in [0.4, 0.5) is 5.69 Å². The van der Waals surface area contributed by atoms with Crippen LogP contribution >= 0.6 is 28.1 Å². The van der Waals surface area contributed by atoms with Crippen LogP contribution in [0.1, 0.15) is 11.1 Å². The van der Waals surface area contributed by atoms with Crippen molar-refractivity contribution in [3.8, 4) is 0 Å². The highest BCUT2D eigenvalue weighted by molar-refractivity contribution is 9.10. The van der Waals surface area contributed by atoms with E-state index in [0.29, 0.717) is 4.99 Å². The van der Waals surface area contributed by atoms with Crippen molar-refractivity contribution < 1.29 is 0 Å². The molecule has 0 unspecified atom stereocenters. The minimum atomic E-state index is 0.426. The molecule has 0 spiro atoms. The molecule has 0 amide bonds. The molecule has 0 aliphatic heterocycles. The van der Waals surface area contributed by atoms with E-state index in [0.717, 1.165) is 22.3 Å². The lowest BCUT2D eigenvalue weighted by Crippen LogP contribution is -2.21. The van der Waals surface area contributed by atoms with Crippen LogP contribution in [0.2, 0.25) is 0 Å². The normalized spacial score (nSPS) is 10.2. The first-order valence-electron chi connectivity index (χ1n) is 5.93. The maximum atomic E-state index is 5.77. The topological polar surface area (TPSA) is 29.3 Å². The van der Waals surface area contributed by atoms with Gasteiger partial charge in [-0.1, -0.05) is 58.5 Å². The van der Waals surface area contributed by atoms with Crippen LogP contribution in [0.5, 0.6) is 0 Å². The predicted octanol–water partition coefficient (Wildman–Crippen LogP) is 3.72. The summed E-state index contributed by atoms with van der Waals surface area (Å²) in [4.78, 5) is 2.57. The molecule has 0 aliphatic carbocycles. The summed E-state index contributed by atoms with van der Waals surface area (Å²) >= 11 is 8.67. The minimum absolute atomic E-state index is 0.426. The van der Waals surface area contributed by atoms with E-state index in [9.17, 15) is 0 Å². The number of anilines is 1. The van der Waals surface area contributed by atoms with Crippen molar-refractivity contribution in [1.82, 2.24) is 0 Å². The number of hydrogen-bond donors (Lipinski definition) is 1. The van der Waals surface area contributed by atoms with Crippen LogP contribution < -0.4 is 10.6 Å². The summed E-state index contributed by atoms with van der Waals surface area (Å²) in [7, 11) is 2.04. The second kappa shape index (κ2) is 6.17. The van der Waals surface area contributed by atoms with Gasteiger partial charge < -0.3 is 10.6 Å². The summed E-state index contributed by atoms with van der Waals surface area (Å²) in [6, 6.07) is 16.1. The molecule has 2 aromatic carbocycles. The molecule has 0 radical (unpaired) electrons. The minimum Gasteiger partial charge on any atom is -0.389 e. The molecule has 0 saturated heterocycles. The fraction of sp³-hybridized carbons (Fsp3) is 0.133. The monoisotopic (exact) mass is 334 g/mol. The van der Waals surface area contributed by atoms with Crippen LogP contribution in [0.25, 0.3) is 0 Å². The van der Waals surface area contributed by atoms with Gasteiger partial charge in [0.2, 0.25) is 0 Å². The van der Waals surface area contributed by atoms with Crippen LogP contribution in [0, 0.1) is 0 Å². The van der Waals surface area contributed by atoms with Crippen LogP contribution in [-0.4, -0.2) is 12.0 Å². The SMILES string of the molecule is CN(Cc1ccccc1Br)c1ccccc1C(N)=S. The molecule has 0 heterocycles. The van der Waals surface area contributed by atoms with Crippen molar-refractivity contribution in [2.75, 3.05) is 11.9 Å². The van der Waals surface area contributed by atoms with Gasteiger partial charge in [0.05, 0.1) is 0 Å². The van der Waals surface area contributed by atoms with E-state index >= 15 is 0 Å². The summed E-state index contributed by atoms with van der Waals surface area (Å²) in [6.45, 7) is 0.793. The summed E-state index contributed by atoms with van der Waals surface area (Å²) < 4.78 is 1.11. The van der Waals surface area contributed by atoms with Gasteiger partial charge in [0.15, 0.2) is 0 Å². The Bertz CT molecular complexity index is 598. The van der Waals surface area contributed by atoms with Crippen molar-refractivity contribution in [2.45, 2.75) is 6.54 Å². The number of nitrogens with two attached hydrogens (primary N) is 1. The van der Waals surface area contributed by atoms with Crippen LogP contribution in [0.3, 0.4) is 0 Å². The Balaban J connectivity index is 2.28. The maximum absolute atomic E-state index is 5.77. The Labute approximate surface area is 127 Å². The molecule has 2 N–H and O–H groups in total. The van der Waals surface area contributed by atoms with E-state index in [1.807, 2.05) is 49.5 Å². The smallest absolute Gasteiger partial charge is 0.106 e. The van der Waals surface area contributed by atoms with E-state index in [1.165, 1.54) is 5.56 Å². The molecule has 2 aromatic rings. The molecule has 0 aromatic heterocycles. The molecule has 0 fully saturated rings. The molecule has 19 heavy (non-hydrogen) atoms. The summed E-state index contributed by atoms with van der Waals surface area (Å²) in [5, 5.41) is 0. The summed E-state index contributed by atoms with van der Waals surface area (Å²) in [6.07, 6.45) is 0.